The normalized spacial score (nSPS) is 18.6. The topological polar surface area (TPSA) is 76.1 Å². The number of nitrogens with one attached hydrogen (secondary N) is 2. The molecule has 1 amide bonds. The minimum atomic E-state index is -0.0461. The SMILES string of the molecule is CC(C)Cc1nnc(NC(=O)CC2COCCN2)s1.Cl. The number of anilines is 1. The third-order valence-corrected chi connectivity index (χ3v) is 3.59. The Labute approximate surface area is 129 Å². The zero-order valence-electron chi connectivity index (χ0n) is 11.7. The van der Waals surface area contributed by atoms with Crippen molar-refractivity contribution in [1.29, 1.82) is 0 Å². The minimum Gasteiger partial charge on any atom is -0.378 e. The standard InChI is InChI=1S/C12H20N4O2S.ClH/c1-8(2)5-11-15-16-12(19-11)14-10(17)6-9-7-18-4-3-13-9;/h8-9,13H,3-7H2,1-2H3,(H,14,16,17);1H. The molecular weight excluding hydrogens is 300 g/mol. The molecule has 1 saturated heterocycles. The minimum absolute atomic E-state index is 0. The van der Waals surface area contributed by atoms with Gasteiger partial charge in [0.1, 0.15) is 5.01 Å². The summed E-state index contributed by atoms with van der Waals surface area (Å²) in [7, 11) is 0. The first-order valence-electron chi connectivity index (χ1n) is 6.57. The zero-order valence-corrected chi connectivity index (χ0v) is 13.4. The van der Waals surface area contributed by atoms with Gasteiger partial charge in [-0.15, -0.1) is 22.6 Å². The molecule has 1 aromatic rings. The first kappa shape index (κ1) is 17.3. The highest BCUT2D eigenvalue weighted by atomic mass is 35.5. The van der Waals surface area contributed by atoms with E-state index in [1.54, 1.807) is 0 Å². The van der Waals surface area contributed by atoms with Crippen LogP contribution in [-0.2, 0) is 16.0 Å². The summed E-state index contributed by atoms with van der Waals surface area (Å²) in [4.78, 5) is 11.8. The van der Waals surface area contributed by atoms with Gasteiger partial charge in [-0.2, -0.15) is 0 Å². The average Bonchev–Trinajstić information content (AvgIpc) is 2.76. The quantitative estimate of drug-likeness (QED) is 0.859. The number of aromatic nitrogens is 2. The molecule has 1 aromatic heterocycles. The van der Waals surface area contributed by atoms with E-state index in [0.29, 0.717) is 30.7 Å². The van der Waals surface area contributed by atoms with Gasteiger partial charge in [0.2, 0.25) is 11.0 Å². The Morgan fingerprint density at radius 2 is 2.35 bits per heavy atom. The van der Waals surface area contributed by atoms with Gasteiger partial charge in [-0.3, -0.25) is 4.79 Å². The number of rotatable bonds is 5. The zero-order chi connectivity index (χ0) is 13.7. The van der Waals surface area contributed by atoms with Crippen LogP contribution in [0.1, 0.15) is 25.3 Å². The van der Waals surface area contributed by atoms with Crippen LogP contribution in [0.15, 0.2) is 0 Å². The number of hydrogen-bond donors (Lipinski definition) is 2. The summed E-state index contributed by atoms with van der Waals surface area (Å²) in [5.41, 5.74) is 0. The third-order valence-electron chi connectivity index (χ3n) is 2.73. The molecule has 1 unspecified atom stereocenters. The van der Waals surface area contributed by atoms with Gasteiger partial charge in [0, 0.05) is 25.4 Å². The van der Waals surface area contributed by atoms with Crippen molar-refractivity contribution in [3.05, 3.63) is 5.01 Å². The van der Waals surface area contributed by atoms with Crippen molar-refractivity contribution < 1.29 is 9.53 Å². The predicted octanol–water partition coefficient (Wildman–Crippen LogP) is 1.48. The highest BCUT2D eigenvalue weighted by molar-refractivity contribution is 7.15. The maximum absolute atomic E-state index is 11.8. The first-order chi connectivity index (χ1) is 9.13. The number of morpholine rings is 1. The molecule has 20 heavy (non-hydrogen) atoms. The predicted molar refractivity (Wildman–Crippen MR) is 81.6 cm³/mol. The van der Waals surface area contributed by atoms with Crippen LogP contribution < -0.4 is 10.6 Å². The highest BCUT2D eigenvalue weighted by Crippen LogP contribution is 2.18. The fourth-order valence-corrected chi connectivity index (χ4v) is 2.85. The molecule has 1 aliphatic heterocycles. The molecule has 1 aliphatic rings. The maximum atomic E-state index is 11.8. The van der Waals surface area contributed by atoms with Gasteiger partial charge in [0.25, 0.3) is 0 Å². The Bertz CT molecular complexity index is 421. The van der Waals surface area contributed by atoms with Gasteiger partial charge in [-0.25, -0.2) is 0 Å². The molecule has 2 rings (SSSR count). The molecule has 0 spiro atoms. The molecule has 2 heterocycles. The Balaban J connectivity index is 0.00000200. The number of carbonyl (C=O) groups excluding carboxylic acids is 1. The van der Waals surface area contributed by atoms with Crippen LogP contribution in [0.3, 0.4) is 0 Å². The van der Waals surface area contributed by atoms with Crippen LogP contribution in [0.25, 0.3) is 0 Å². The van der Waals surface area contributed by atoms with Crippen LogP contribution >= 0.6 is 23.7 Å². The Morgan fingerprint density at radius 3 is 3.00 bits per heavy atom. The molecule has 0 saturated carbocycles. The maximum Gasteiger partial charge on any atom is 0.227 e. The molecule has 1 fully saturated rings. The van der Waals surface area contributed by atoms with E-state index < -0.39 is 0 Å². The van der Waals surface area contributed by atoms with E-state index in [1.807, 2.05) is 0 Å². The molecule has 114 valence electrons. The van der Waals surface area contributed by atoms with Crippen LogP contribution in [0.4, 0.5) is 5.13 Å². The summed E-state index contributed by atoms with van der Waals surface area (Å²) >= 11 is 1.45. The second kappa shape index (κ2) is 8.51. The van der Waals surface area contributed by atoms with Crippen molar-refractivity contribution in [3.8, 4) is 0 Å². The summed E-state index contributed by atoms with van der Waals surface area (Å²) < 4.78 is 5.31. The monoisotopic (exact) mass is 320 g/mol. The number of hydrogen-bond acceptors (Lipinski definition) is 6. The number of carbonyl (C=O) groups is 1. The summed E-state index contributed by atoms with van der Waals surface area (Å²) in [6, 6.07) is 0.0943. The molecule has 8 heteroatoms. The van der Waals surface area contributed by atoms with E-state index in [9.17, 15) is 4.79 Å². The van der Waals surface area contributed by atoms with E-state index in [2.05, 4.69) is 34.7 Å². The van der Waals surface area contributed by atoms with Gasteiger partial charge in [0.05, 0.1) is 13.2 Å². The van der Waals surface area contributed by atoms with Crippen LogP contribution in [0.5, 0.6) is 0 Å². The van der Waals surface area contributed by atoms with Gasteiger partial charge in [0.15, 0.2) is 0 Å². The number of halogens is 1. The van der Waals surface area contributed by atoms with Crippen LogP contribution in [0, 0.1) is 5.92 Å². The van der Waals surface area contributed by atoms with Crippen molar-refractivity contribution in [1.82, 2.24) is 15.5 Å². The van der Waals surface area contributed by atoms with Crippen LogP contribution in [-0.4, -0.2) is 41.9 Å². The van der Waals surface area contributed by atoms with Crippen molar-refractivity contribution in [2.75, 3.05) is 25.1 Å². The number of amides is 1. The lowest BCUT2D eigenvalue weighted by Gasteiger charge is -2.22. The van der Waals surface area contributed by atoms with E-state index in [1.165, 1.54) is 11.3 Å². The fraction of sp³-hybridized carbons (Fsp3) is 0.750. The summed E-state index contributed by atoms with van der Waals surface area (Å²) in [6.45, 7) is 6.37. The summed E-state index contributed by atoms with van der Waals surface area (Å²) in [5.74, 6) is 0.496. The fourth-order valence-electron chi connectivity index (χ4n) is 1.88. The summed E-state index contributed by atoms with van der Waals surface area (Å²) in [6.07, 6.45) is 1.30. The smallest absolute Gasteiger partial charge is 0.227 e. The Kier molecular flexibility index (Phi) is 7.36. The Morgan fingerprint density at radius 1 is 1.55 bits per heavy atom. The second-order valence-corrected chi connectivity index (χ2v) is 6.14. The molecule has 0 aliphatic carbocycles. The van der Waals surface area contributed by atoms with E-state index in [-0.39, 0.29) is 24.4 Å². The highest BCUT2D eigenvalue weighted by Gasteiger charge is 2.18. The van der Waals surface area contributed by atoms with Crippen molar-refractivity contribution >= 4 is 34.8 Å². The summed E-state index contributed by atoms with van der Waals surface area (Å²) in [5, 5.41) is 15.6. The van der Waals surface area contributed by atoms with Gasteiger partial charge >= 0.3 is 0 Å². The van der Waals surface area contributed by atoms with Crippen LogP contribution in [0.2, 0.25) is 0 Å². The lowest BCUT2D eigenvalue weighted by atomic mass is 10.1. The molecule has 0 bridgehead atoms. The van der Waals surface area contributed by atoms with Crippen molar-refractivity contribution in [3.63, 3.8) is 0 Å². The third kappa shape index (κ3) is 5.70. The second-order valence-electron chi connectivity index (χ2n) is 5.08. The van der Waals surface area contributed by atoms with E-state index in [0.717, 1.165) is 18.0 Å². The molecule has 1 atom stereocenters. The molecule has 0 radical (unpaired) electrons. The van der Waals surface area contributed by atoms with Gasteiger partial charge < -0.3 is 15.4 Å². The number of nitrogens with zero attached hydrogens (tertiary/aromatic N) is 2. The first-order valence-corrected chi connectivity index (χ1v) is 7.38. The lowest BCUT2D eigenvalue weighted by molar-refractivity contribution is -0.117. The number of ether oxygens (including phenoxy) is 1. The van der Waals surface area contributed by atoms with Gasteiger partial charge in [-0.1, -0.05) is 25.2 Å². The molecular formula is C12H21ClN4O2S. The van der Waals surface area contributed by atoms with E-state index in [4.69, 9.17) is 4.74 Å². The largest absolute Gasteiger partial charge is 0.378 e. The molecule has 0 aromatic carbocycles. The molecule has 2 N–H and O–H groups in total. The Hall–Kier alpha value is -0.760. The van der Waals surface area contributed by atoms with Gasteiger partial charge in [-0.05, 0) is 5.92 Å². The molecule has 6 nitrogen and oxygen atoms in total. The average molecular weight is 321 g/mol. The van der Waals surface area contributed by atoms with E-state index >= 15 is 0 Å². The lowest BCUT2D eigenvalue weighted by Crippen LogP contribution is -2.43. The van der Waals surface area contributed by atoms with Crippen molar-refractivity contribution in [2.45, 2.75) is 32.7 Å². The van der Waals surface area contributed by atoms with Crippen molar-refractivity contribution in [2.24, 2.45) is 5.92 Å².